The number of allylic oxidation sites excluding steroid dienone is 1. The molecule has 0 N–H and O–H groups in total. The van der Waals surface area contributed by atoms with E-state index in [-0.39, 0.29) is 0 Å². The number of hydrogen-bond donors (Lipinski definition) is 0. The predicted octanol–water partition coefficient (Wildman–Crippen LogP) is 2.29. The van der Waals surface area contributed by atoms with Gasteiger partial charge in [0, 0.05) is 7.11 Å². The van der Waals surface area contributed by atoms with Crippen LogP contribution in [0.2, 0.25) is 0 Å². The minimum absolute atomic E-state index is 1.20. The van der Waals surface area contributed by atoms with Gasteiger partial charge in [-0.3, -0.25) is 0 Å². The Balaban J connectivity index is 2.28. The molecule has 0 saturated heterocycles. The standard InChI is InChI=1S/C8H13O/c1-9-7-8-5-3-2-4-6-8/h5,7H,2-4,6H2,1H3. The van der Waals surface area contributed by atoms with Gasteiger partial charge in [0.1, 0.15) is 6.61 Å². The Morgan fingerprint density at radius 2 is 2.44 bits per heavy atom. The Morgan fingerprint density at radius 1 is 1.56 bits per heavy atom. The molecule has 0 spiro atoms. The molecule has 1 nitrogen and oxygen atoms in total. The highest BCUT2D eigenvalue weighted by Gasteiger charge is 2.01. The highest BCUT2D eigenvalue weighted by Crippen LogP contribution is 2.18. The van der Waals surface area contributed by atoms with Crippen LogP contribution in [-0.2, 0) is 4.74 Å². The molecule has 9 heavy (non-hydrogen) atoms. The van der Waals surface area contributed by atoms with E-state index < -0.39 is 0 Å². The van der Waals surface area contributed by atoms with Gasteiger partial charge in [-0.15, -0.1) is 0 Å². The van der Waals surface area contributed by atoms with E-state index in [4.69, 9.17) is 4.74 Å². The highest BCUT2D eigenvalue weighted by atomic mass is 16.5. The first-order valence-electron chi connectivity index (χ1n) is 3.48. The first kappa shape index (κ1) is 6.81. The lowest BCUT2D eigenvalue weighted by atomic mass is 10.0. The minimum Gasteiger partial charge on any atom is -0.374 e. The van der Waals surface area contributed by atoms with Crippen LogP contribution in [0.3, 0.4) is 0 Å². The van der Waals surface area contributed by atoms with Gasteiger partial charge in [-0.1, -0.05) is 6.08 Å². The van der Waals surface area contributed by atoms with Gasteiger partial charge in [0.05, 0.1) is 0 Å². The van der Waals surface area contributed by atoms with E-state index >= 15 is 0 Å². The topological polar surface area (TPSA) is 9.23 Å². The Hall–Kier alpha value is -0.300. The minimum atomic E-state index is 1.20. The van der Waals surface area contributed by atoms with Crippen molar-refractivity contribution in [2.24, 2.45) is 0 Å². The second-order valence-corrected chi connectivity index (χ2v) is 2.38. The van der Waals surface area contributed by atoms with Crippen LogP contribution in [0, 0.1) is 6.61 Å². The van der Waals surface area contributed by atoms with Crippen LogP contribution in [-0.4, -0.2) is 7.11 Å². The molecule has 1 rings (SSSR count). The molecular weight excluding hydrogens is 112 g/mol. The summed E-state index contributed by atoms with van der Waals surface area (Å²) in [4.78, 5) is 0. The molecule has 1 radical (unpaired) electrons. The molecule has 0 atom stereocenters. The second-order valence-electron chi connectivity index (χ2n) is 2.38. The van der Waals surface area contributed by atoms with Gasteiger partial charge in [-0.25, -0.2) is 0 Å². The lowest BCUT2D eigenvalue weighted by Gasteiger charge is -2.09. The molecule has 0 saturated carbocycles. The molecule has 0 aromatic carbocycles. The van der Waals surface area contributed by atoms with Crippen LogP contribution in [0.5, 0.6) is 0 Å². The molecule has 1 aliphatic carbocycles. The Bertz CT molecular complexity index is 105. The molecule has 0 aromatic heterocycles. The summed E-state index contributed by atoms with van der Waals surface area (Å²) in [6, 6.07) is 0. The number of hydrogen-bond acceptors (Lipinski definition) is 1. The van der Waals surface area contributed by atoms with E-state index in [1.54, 1.807) is 7.11 Å². The molecule has 0 aliphatic heterocycles. The normalized spacial score (nSPS) is 19.4. The SMILES string of the molecule is CO[CH]C1=CCCCC1. The third-order valence-electron chi connectivity index (χ3n) is 1.60. The third-order valence-corrected chi connectivity index (χ3v) is 1.60. The zero-order valence-electron chi connectivity index (χ0n) is 5.89. The molecule has 0 amide bonds. The number of rotatable bonds is 2. The molecule has 0 fully saturated rings. The Morgan fingerprint density at radius 3 is 3.00 bits per heavy atom. The highest BCUT2D eigenvalue weighted by molar-refractivity contribution is 5.11. The van der Waals surface area contributed by atoms with Crippen molar-refractivity contribution >= 4 is 0 Å². The first-order chi connectivity index (χ1) is 4.43. The summed E-state index contributed by atoms with van der Waals surface area (Å²) in [6.45, 7) is 1.85. The molecule has 0 unspecified atom stereocenters. The molecule has 51 valence electrons. The van der Waals surface area contributed by atoms with Crippen molar-refractivity contribution in [2.75, 3.05) is 7.11 Å². The van der Waals surface area contributed by atoms with Crippen LogP contribution in [0.4, 0.5) is 0 Å². The van der Waals surface area contributed by atoms with Crippen molar-refractivity contribution in [1.82, 2.24) is 0 Å². The van der Waals surface area contributed by atoms with Crippen LogP contribution in [0.1, 0.15) is 25.7 Å². The van der Waals surface area contributed by atoms with Gasteiger partial charge < -0.3 is 4.74 Å². The fourth-order valence-corrected chi connectivity index (χ4v) is 1.12. The molecule has 0 heterocycles. The molecule has 1 heteroatoms. The summed E-state index contributed by atoms with van der Waals surface area (Å²) < 4.78 is 4.89. The molecule has 0 bridgehead atoms. The van der Waals surface area contributed by atoms with E-state index in [1.165, 1.54) is 31.3 Å². The average Bonchev–Trinajstić information content (AvgIpc) is 1.91. The van der Waals surface area contributed by atoms with Gasteiger partial charge in [0.25, 0.3) is 0 Å². The van der Waals surface area contributed by atoms with Crippen LogP contribution in [0.15, 0.2) is 11.6 Å². The van der Waals surface area contributed by atoms with E-state index in [0.29, 0.717) is 0 Å². The molecular formula is C8H13O. The maximum atomic E-state index is 4.89. The summed E-state index contributed by atoms with van der Waals surface area (Å²) in [5.41, 5.74) is 1.36. The van der Waals surface area contributed by atoms with E-state index in [9.17, 15) is 0 Å². The van der Waals surface area contributed by atoms with Gasteiger partial charge in [0.2, 0.25) is 0 Å². The zero-order valence-corrected chi connectivity index (χ0v) is 5.89. The monoisotopic (exact) mass is 125 g/mol. The van der Waals surface area contributed by atoms with Crippen LogP contribution < -0.4 is 0 Å². The Kier molecular flexibility index (Phi) is 2.78. The van der Waals surface area contributed by atoms with Crippen molar-refractivity contribution in [3.8, 4) is 0 Å². The van der Waals surface area contributed by atoms with Crippen molar-refractivity contribution < 1.29 is 4.74 Å². The average molecular weight is 125 g/mol. The van der Waals surface area contributed by atoms with E-state index in [2.05, 4.69) is 6.08 Å². The van der Waals surface area contributed by atoms with Crippen LogP contribution in [0.25, 0.3) is 0 Å². The summed E-state index contributed by atoms with van der Waals surface area (Å²) in [6.07, 6.45) is 7.36. The van der Waals surface area contributed by atoms with E-state index in [1.807, 2.05) is 6.61 Å². The maximum absolute atomic E-state index is 4.89. The Labute approximate surface area is 56.7 Å². The van der Waals surface area contributed by atoms with Crippen molar-refractivity contribution in [1.29, 1.82) is 0 Å². The van der Waals surface area contributed by atoms with Gasteiger partial charge in [-0.05, 0) is 31.3 Å². The molecule has 0 aromatic rings. The molecule has 1 aliphatic rings. The lowest BCUT2D eigenvalue weighted by Crippen LogP contribution is -1.93. The summed E-state index contributed by atoms with van der Waals surface area (Å²) in [5.74, 6) is 0. The van der Waals surface area contributed by atoms with Crippen LogP contribution >= 0.6 is 0 Å². The second kappa shape index (κ2) is 3.67. The van der Waals surface area contributed by atoms with Crippen molar-refractivity contribution in [3.63, 3.8) is 0 Å². The quantitative estimate of drug-likeness (QED) is 0.550. The van der Waals surface area contributed by atoms with Crippen molar-refractivity contribution in [3.05, 3.63) is 18.3 Å². The fraction of sp³-hybridized carbons (Fsp3) is 0.625. The maximum Gasteiger partial charge on any atom is 0.108 e. The number of methoxy groups -OCH3 is 1. The predicted molar refractivity (Wildman–Crippen MR) is 37.9 cm³/mol. The zero-order chi connectivity index (χ0) is 6.53. The van der Waals surface area contributed by atoms with Gasteiger partial charge >= 0.3 is 0 Å². The lowest BCUT2D eigenvalue weighted by molar-refractivity contribution is 0.286. The third kappa shape index (κ3) is 2.19. The van der Waals surface area contributed by atoms with E-state index in [0.717, 1.165) is 0 Å². The summed E-state index contributed by atoms with van der Waals surface area (Å²) >= 11 is 0. The fourth-order valence-electron chi connectivity index (χ4n) is 1.12. The van der Waals surface area contributed by atoms with Gasteiger partial charge in [-0.2, -0.15) is 0 Å². The smallest absolute Gasteiger partial charge is 0.108 e. The first-order valence-corrected chi connectivity index (χ1v) is 3.48. The largest absolute Gasteiger partial charge is 0.374 e. The number of ether oxygens (including phenoxy) is 1. The summed E-state index contributed by atoms with van der Waals surface area (Å²) in [7, 11) is 1.70. The van der Waals surface area contributed by atoms with Gasteiger partial charge in [0.15, 0.2) is 0 Å². The summed E-state index contributed by atoms with van der Waals surface area (Å²) in [5, 5.41) is 0. The van der Waals surface area contributed by atoms with Crippen molar-refractivity contribution in [2.45, 2.75) is 25.7 Å².